The normalized spacial score (nSPS) is 20.5. The van der Waals surface area contributed by atoms with Crippen molar-refractivity contribution in [1.29, 1.82) is 0 Å². The van der Waals surface area contributed by atoms with E-state index in [-0.39, 0.29) is 17.9 Å². The number of benzene rings is 1. The summed E-state index contributed by atoms with van der Waals surface area (Å²) in [7, 11) is 0. The molecule has 0 unspecified atom stereocenters. The van der Waals surface area contributed by atoms with Crippen molar-refractivity contribution in [1.82, 2.24) is 5.32 Å². The zero-order valence-electron chi connectivity index (χ0n) is 14.0. The molecule has 0 heterocycles. The molecule has 1 aromatic carbocycles. The average Bonchev–Trinajstić information content (AvgIpc) is 3.04. The van der Waals surface area contributed by atoms with Crippen LogP contribution >= 0.6 is 0 Å². The molecular weight excluding hydrogens is 304 g/mol. The van der Waals surface area contributed by atoms with Crippen molar-refractivity contribution in [2.24, 2.45) is 0 Å². The highest BCUT2D eigenvalue weighted by Gasteiger charge is 2.38. The van der Waals surface area contributed by atoms with Gasteiger partial charge in [0.2, 0.25) is 0 Å². The first-order valence-corrected chi connectivity index (χ1v) is 9.02. The van der Waals surface area contributed by atoms with Gasteiger partial charge < -0.3 is 15.7 Å². The molecule has 0 aromatic heterocycles. The van der Waals surface area contributed by atoms with E-state index in [2.05, 4.69) is 10.6 Å². The van der Waals surface area contributed by atoms with Crippen molar-refractivity contribution in [3.63, 3.8) is 0 Å². The van der Waals surface area contributed by atoms with Crippen LogP contribution in [0, 0.1) is 0 Å². The molecule has 2 saturated carbocycles. The van der Waals surface area contributed by atoms with Gasteiger partial charge in [0.1, 0.15) is 5.60 Å². The minimum absolute atomic E-state index is 0.0609. The van der Waals surface area contributed by atoms with Gasteiger partial charge in [-0.3, -0.25) is 9.59 Å². The van der Waals surface area contributed by atoms with Crippen molar-refractivity contribution >= 4 is 17.5 Å². The van der Waals surface area contributed by atoms with Crippen LogP contribution in [0.3, 0.4) is 0 Å². The molecule has 24 heavy (non-hydrogen) atoms. The fraction of sp³-hybridized carbons (Fsp3) is 0.579. The minimum Gasteiger partial charge on any atom is -0.380 e. The molecule has 2 amide bonds. The lowest BCUT2D eigenvalue weighted by atomic mass is 9.95. The Kier molecular flexibility index (Phi) is 5.19. The maximum atomic E-state index is 12.3. The van der Waals surface area contributed by atoms with Crippen LogP contribution in [0.25, 0.3) is 0 Å². The molecule has 0 atom stereocenters. The summed E-state index contributed by atoms with van der Waals surface area (Å²) in [6.07, 6.45) is 8.51. The van der Waals surface area contributed by atoms with E-state index in [1.807, 2.05) is 0 Å². The third-order valence-corrected chi connectivity index (χ3v) is 5.20. The smallest absolute Gasteiger partial charge is 0.256 e. The SMILES string of the molecule is O=C(NC1CCCCC1)c1ccc(NC(=O)C2(O)CCCC2)cc1. The van der Waals surface area contributed by atoms with Gasteiger partial charge in [0.15, 0.2) is 0 Å². The molecule has 1 aromatic rings. The van der Waals surface area contributed by atoms with Gasteiger partial charge in [0.05, 0.1) is 0 Å². The van der Waals surface area contributed by atoms with Crippen LogP contribution in [0.4, 0.5) is 5.69 Å². The number of carbonyl (C=O) groups is 2. The zero-order valence-corrected chi connectivity index (χ0v) is 14.0. The number of rotatable bonds is 4. The van der Waals surface area contributed by atoms with Gasteiger partial charge in [-0.1, -0.05) is 19.3 Å². The summed E-state index contributed by atoms with van der Waals surface area (Å²) in [5.74, 6) is -0.409. The molecule has 2 aliphatic carbocycles. The fourth-order valence-electron chi connectivity index (χ4n) is 3.65. The zero-order chi connectivity index (χ0) is 17.0. The van der Waals surface area contributed by atoms with Crippen LogP contribution < -0.4 is 10.6 Å². The van der Waals surface area contributed by atoms with Crippen molar-refractivity contribution in [2.45, 2.75) is 69.4 Å². The maximum Gasteiger partial charge on any atom is 0.256 e. The Morgan fingerprint density at radius 3 is 2.21 bits per heavy atom. The number of carbonyl (C=O) groups excluding carboxylic acids is 2. The molecule has 130 valence electrons. The quantitative estimate of drug-likeness (QED) is 0.794. The standard InChI is InChI=1S/C19H26N2O3/c22-17(20-15-6-2-1-3-7-15)14-8-10-16(11-9-14)21-18(23)19(24)12-4-5-13-19/h8-11,15,24H,1-7,12-13H2,(H,20,22)(H,21,23). The summed E-state index contributed by atoms with van der Waals surface area (Å²) in [6.45, 7) is 0. The molecule has 5 nitrogen and oxygen atoms in total. The number of amides is 2. The molecule has 2 fully saturated rings. The molecule has 0 spiro atoms. The number of hydrogen-bond acceptors (Lipinski definition) is 3. The van der Waals surface area contributed by atoms with Crippen molar-refractivity contribution in [2.75, 3.05) is 5.32 Å². The topological polar surface area (TPSA) is 78.4 Å². The van der Waals surface area contributed by atoms with Gasteiger partial charge in [0.25, 0.3) is 11.8 Å². The second-order valence-corrected chi connectivity index (χ2v) is 7.08. The summed E-state index contributed by atoms with van der Waals surface area (Å²) < 4.78 is 0. The Labute approximate surface area is 142 Å². The highest BCUT2D eigenvalue weighted by molar-refractivity contribution is 5.98. The molecule has 0 bridgehead atoms. The number of aliphatic hydroxyl groups is 1. The van der Waals surface area contributed by atoms with E-state index in [1.54, 1.807) is 24.3 Å². The van der Waals surface area contributed by atoms with Gasteiger partial charge in [-0.15, -0.1) is 0 Å². The first-order chi connectivity index (χ1) is 11.6. The minimum atomic E-state index is -1.24. The molecule has 0 saturated heterocycles. The van der Waals surface area contributed by atoms with Crippen LogP contribution in [0.1, 0.15) is 68.1 Å². The van der Waals surface area contributed by atoms with Gasteiger partial charge in [0, 0.05) is 17.3 Å². The molecule has 3 rings (SSSR count). The van der Waals surface area contributed by atoms with Crippen LogP contribution in [-0.4, -0.2) is 28.6 Å². The van der Waals surface area contributed by atoms with Crippen LogP contribution in [-0.2, 0) is 4.79 Å². The molecule has 5 heteroatoms. The van der Waals surface area contributed by atoms with Gasteiger partial charge >= 0.3 is 0 Å². The second-order valence-electron chi connectivity index (χ2n) is 7.08. The Morgan fingerprint density at radius 1 is 0.958 bits per heavy atom. The van der Waals surface area contributed by atoms with Crippen LogP contribution in [0.5, 0.6) is 0 Å². The largest absolute Gasteiger partial charge is 0.380 e. The maximum absolute atomic E-state index is 12.3. The highest BCUT2D eigenvalue weighted by atomic mass is 16.3. The van der Waals surface area contributed by atoms with E-state index >= 15 is 0 Å². The Morgan fingerprint density at radius 2 is 1.58 bits per heavy atom. The monoisotopic (exact) mass is 330 g/mol. The number of nitrogens with one attached hydrogen (secondary N) is 2. The lowest BCUT2D eigenvalue weighted by Gasteiger charge is -2.23. The van der Waals surface area contributed by atoms with E-state index in [0.717, 1.165) is 25.7 Å². The van der Waals surface area contributed by atoms with Gasteiger partial charge in [-0.05, 0) is 62.8 Å². The lowest BCUT2D eigenvalue weighted by Crippen LogP contribution is -2.40. The fourth-order valence-corrected chi connectivity index (χ4v) is 3.65. The first-order valence-electron chi connectivity index (χ1n) is 9.02. The van der Waals surface area contributed by atoms with Crippen LogP contribution in [0.15, 0.2) is 24.3 Å². The molecular formula is C19H26N2O3. The molecule has 0 radical (unpaired) electrons. The predicted molar refractivity (Wildman–Crippen MR) is 92.8 cm³/mol. The lowest BCUT2D eigenvalue weighted by molar-refractivity contribution is -0.133. The van der Waals surface area contributed by atoms with Gasteiger partial charge in [-0.2, -0.15) is 0 Å². The average molecular weight is 330 g/mol. The second kappa shape index (κ2) is 7.34. The van der Waals surface area contributed by atoms with Gasteiger partial charge in [-0.25, -0.2) is 0 Å². The Bertz CT molecular complexity index is 585. The van der Waals surface area contributed by atoms with E-state index in [4.69, 9.17) is 0 Å². The summed E-state index contributed by atoms with van der Waals surface area (Å²) in [4.78, 5) is 24.4. The van der Waals surface area contributed by atoms with E-state index < -0.39 is 5.60 Å². The third kappa shape index (κ3) is 3.96. The first kappa shape index (κ1) is 17.0. The van der Waals surface area contributed by atoms with E-state index in [1.165, 1.54) is 19.3 Å². The van der Waals surface area contributed by atoms with Crippen molar-refractivity contribution in [3.8, 4) is 0 Å². The third-order valence-electron chi connectivity index (χ3n) is 5.20. The molecule has 0 aliphatic heterocycles. The number of anilines is 1. The molecule has 2 aliphatic rings. The van der Waals surface area contributed by atoms with E-state index in [0.29, 0.717) is 24.1 Å². The predicted octanol–water partition coefficient (Wildman–Crippen LogP) is 2.99. The van der Waals surface area contributed by atoms with E-state index in [9.17, 15) is 14.7 Å². The highest BCUT2D eigenvalue weighted by Crippen LogP contribution is 2.30. The summed E-state index contributed by atoms with van der Waals surface area (Å²) in [5.41, 5.74) is -0.0375. The summed E-state index contributed by atoms with van der Waals surface area (Å²) >= 11 is 0. The summed E-state index contributed by atoms with van der Waals surface area (Å²) in [5, 5.41) is 16.1. The Balaban J connectivity index is 1.56. The van der Waals surface area contributed by atoms with Crippen molar-refractivity contribution < 1.29 is 14.7 Å². The van der Waals surface area contributed by atoms with Crippen LogP contribution in [0.2, 0.25) is 0 Å². The molecule has 3 N–H and O–H groups in total. The Hall–Kier alpha value is -1.88. The van der Waals surface area contributed by atoms with Crippen molar-refractivity contribution in [3.05, 3.63) is 29.8 Å². The summed E-state index contributed by atoms with van der Waals surface area (Å²) in [6, 6.07) is 7.14. The number of hydrogen-bond donors (Lipinski definition) is 3.